The first kappa shape index (κ1) is 11.0. The minimum absolute atomic E-state index is 0.587. The van der Waals surface area contributed by atoms with Gasteiger partial charge in [0.05, 0.1) is 0 Å². The van der Waals surface area contributed by atoms with Crippen molar-refractivity contribution in [2.75, 3.05) is 0 Å². The first-order valence-corrected chi connectivity index (χ1v) is 5.30. The number of rotatable bonds is 4. The largest absolute Gasteiger partial charge is 0.0805 e. The van der Waals surface area contributed by atoms with Crippen molar-refractivity contribution in [2.24, 2.45) is 5.92 Å². The quantitative estimate of drug-likeness (QED) is 0.657. The van der Waals surface area contributed by atoms with Crippen LogP contribution in [0.3, 0.4) is 0 Å². The second-order valence-electron chi connectivity index (χ2n) is 3.82. The van der Waals surface area contributed by atoms with Gasteiger partial charge < -0.3 is 0 Å². The third-order valence-electron chi connectivity index (χ3n) is 2.30. The first-order valence-electron chi connectivity index (χ1n) is 5.30. The van der Waals surface area contributed by atoms with E-state index in [1.54, 1.807) is 0 Å². The van der Waals surface area contributed by atoms with Crippen LogP contribution in [0.1, 0.15) is 32.3 Å². The number of hydrogen-bond acceptors (Lipinski definition) is 0. The molecule has 0 aliphatic heterocycles. The lowest BCUT2D eigenvalue weighted by atomic mass is 9.94. The molecule has 0 saturated heterocycles. The molecule has 0 unspecified atom stereocenters. The second kappa shape index (κ2) is 5.64. The van der Waals surface area contributed by atoms with Gasteiger partial charge in [0.15, 0.2) is 0 Å². The Kier molecular flexibility index (Phi) is 4.45. The van der Waals surface area contributed by atoms with E-state index < -0.39 is 0 Å². The summed E-state index contributed by atoms with van der Waals surface area (Å²) in [6.07, 6.45) is 4.36. The second-order valence-corrected chi connectivity index (χ2v) is 3.82. The zero-order valence-electron chi connectivity index (χ0n) is 9.16. The average Bonchev–Trinajstić information content (AvgIpc) is 2.19. The minimum atomic E-state index is 0.587. The van der Waals surface area contributed by atoms with Gasteiger partial charge in [0.1, 0.15) is 0 Å². The third-order valence-corrected chi connectivity index (χ3v) is 2.30. The van der Waals surface area contributed by atoms with Crippen molar-refractivity contribution in [3.8, 4) is 0 Å². The van der Waals surface area contributed by atoms with Gasteiger partial charge in [-0.1, -0.05) is 57.2 Å². The maximum absolute atomic E-state index is 3.87. The van der Waals surface area contributed by atoms with Gasteiger partial charge in [-0.25, -0.2) is 0 Å². The standard InChI is InChI=1S/C14H19/c1-4-5-11-14(12(2)3)13-9-7-6-8-10-13/h6-12H,1,4-5H2,2-3H3. The molecule has 0 saturated carbocycles. The number of hydrogen-bond donors (Lipinski definition) is 0. The summed E-state index contributed by atoms with van der Waals surface area (Å²) < 4.78 is 0. The van der Waals surface area contributed by atoms with Crippen LogP contribution in [-0.2, 0) is 0 Å². The Morgan fingerprint density at radius 3 is 2.43 bits per heavy atom. The van der Waals surface area contributed by atoms with Gasteiger partial charge in [0.25, 0.3) is 0 Å². The molecule has 1 rings (SSSR count). The summed E-state index contributed by atoms with van der Waals surface area (Å²) in [5.41, 5.74) is 2.78. The van der Waals surface area contributed by atoms with Crippen LogP contribution in [-0.4, -0.2) is 0 Å². The average molecular weight is 187 g/mol. The molecule has 75 valence electrons. The van der Waals surface area contributed by atoms with E-state index in [0.717, 1.165) is 12.8 Å². The van der Waals surface area contributed by atoms with Crippen molar-refractivity contribution in [1.29, 1.82) is 0 Å². The van der Waals surface area contributed by atoms with Gasteiger partial charge >= 0.3 is 0 Å². The van der Waals surface area contributed by atoms with E-state index in [1.807, 2.05) is 0 Å². The summed E-state index contributed by atoms with van der Waals surface area (Å²) in [4.78, 5) is 0. The van der Waals surface area contributed by atoms with Gasteiger partial charge in [0.2, 0.25) is 0 Å². The fourth-order valence-corrected chi connectivity index (χ4v) is 1.58. The van der Waals surface area contributed by atoms with Crippen LogP contribution in [0, 0.1) is 12.8 Å². The Hall–Kier alpha value is -1.04. The van der Waals surface area contributed by atoms with E-state index in [9.17, 15) is 0 Å². The van der Waals surface area contributed by atoms with E-state index >= 15 is 0 Å². The van der Waals surface area contributed by atoms with Gasteiger partial charge in [-0.05, 0) is 29.9 Å². The maximum atomic E-state index is 3.87. The summed E-state index contributed by atoms with van der Waals surface area (Å²) in [5, 5.41) is 0. The zero-order valence-corrected chi connectivity index (χ0v) is 9.16. The topological polar surface area (TPSA) is 0 Å². The van der Waals surface area contributed by atoms with Crippen molar-refractivity contribution >= 4 is 5.57 Å². The highest BCUT2D eigenvalue weighted by Crippen LogP contribution is 2.23. The molecule has 0 fully saturated rings. The molecule has 0 amide bonds. The lowest BCUT2D eigenvalue weighted by molar-refractivity contribution is 0.847. The molecule has 0 nitrogen and oxygen atoms in total. The van der Waals surface area contributed by atoms with Gasteiger partial charge in [0, 0.05) is 0 Å². The van der Waals surface area contributed by atoms with Crippen LogP contribution >= 0.6 is 0 Å². The van der Waals surface area contributed by atoms with Crippen LogP contribution in [0.5, 0.6) is 0 Å². The molecule has 1 radical (unpaired) electrons. The van der Waals surface area contributed by atoms with Crippen molar-refractivity contribution in [2.45, 2.75) is 26.7 Å². The SMILES string of the molecule is [CH2]CCC=C(c1ccccc1)C(C)C. The van der Waals surface area contributed by atoms with Gasteiger partial charge in [-0.3, -0.25) is 0 Å². The highest BCUT2D eigenvalue weighted by atomic mass is 14.1. The smallest absolute Gasteiger partial charge is 0.0216 e. The molecular formula is C14H19. The molecular weight excluding hydrogens is 168 g/mol. The lowest BCUT2D eigenvalue weighted by Gasteiger charge is -2.11. The summed E-state index contributed by atoms with van der Waals surface area (Å²) in [6.45, 7) is 8.34. The van der Waals surface area contributed by atoms with Crippen LogP contribution < -0.4 is 0 Å². The Balaban J connectivity index is 2.89. The van der Waals surface area contributed by atoms with Crippen molar-refractivity contribution < 1.29 is 0 Å². The van der Waals surface area contributed by atoms with Gasteiger partial charge in [-0.15, -0.1) is 0 Å². The molecule has 0 aliphatic carbocycles. The van der Waals surface area contributed by atoms with Crippen LogP contribution in [0.4, 0.5) is 0 Å². The Labute approximate surface area is 87.7 Å². The number of allylic oxidation sites excluding steroid dienone is 2. The summed E-state index contributed by atoms with van der Waals surface area (Å²) in [7, 11) is 0. The van der Waals surface area contributed by atoms with E-state index in [4.69, 9.17) is 0 Å². The van der Waals surface area contributed by atoms with Crippen molar-refractivity contribution in [3.05, 3.63) is 48.9 Å². The molecule has 0 atom stereocenters. The number of unbranched alkanes of at least 4 members (excludes halogenated alkanes) is 1. The monoisotopic (exact) mass is 187 g/mol. The maximum Gasteiger partial charge on any atom is -0.0216 e. The van der Waals surface area contributed by atoms with E-state index in [0.29, 0.717) is 5.92 Å². The van der Waals surface area contributed by atoms with E-state index in [2.05, 4.69) is 57.2 Å². The molecule has 0 heterocycles. The van der Waals surface area contributed by atoms with Gasteiger partial charge in [-0.2, -0.15) is 0 Å². The van der Waals surface area contributed by atoms with E-state index in [1.165, 1.54) is 11.1 Å². The van der Waals surface area contributed by atoms with E-state index in [-0.39, 0.29) is 0 Å². The lowest BCUT2D eigenvalue weighted by Crippen LogP contribution is -1.93. The Bertz CT molecular complexity index is 280. The normalized spacial score (nSPS) is 12.1. The molecule has 0 bridgehead atoms. The molecule has 0 aromatic heterocycles. The van der Waals surface area contributed by atoms with Crippen LogP contribution in [0.2, 0.25) is 0 Å². The highest BCUT2D eigenvalue weighted by Gasteiger charge is 2.04. The fourth-order valence-electron chi connectivity index (χ4n) is 1.58. The van der Waals surface area contributed by atoms with Crippen LogP contribution in [0.15, 0.2) is 36.4 Å². The van der Waals surface area contributed by atoms with Crippen LogP contribution in [0.25, 0.3) is 5.57 Å². The predicted octanol–water partition coefficient (Wildman–Crippen LogP) is 4.34. The highest BCUT2D eigenvalue weighted by molar-refractivity contribution is 5.66. The minimum Gasteiger partial charge on any atom is -0.0805 e. The predicted molar refractivity (Wildman–Crippen MR) is 63.8 cm³/mol. The third kappa shape index (κ3) is 3.02. The molecule has 1 aromatic rings. The van der Waals surface area contributed by atoms with Crippen molar-refractivity contribution in [1.82, 2.24) is 0 Å². The Morgan fingerprint density at radius 2 is 1.93 bits per heavy atom. The molecule has 14 heavy (non-hydrogen) atoms. The molecule has 0 heteroatoms. The van der Waals surface area contributed by atoms with Crippen molar-refractivity contribution in [3.63, 3.8) is 0 Å². The number of benzene rings is 1. The molecule has 1 aromatic carbocycles. The first-order chi connectivity index (χ1) is 6.75. The zero-order chi connectivity index (χ0) is 10.4. The summed E-state index contributed by atoms with van der Waals surface area (Å²) >= 11 is 0. The fraction of sp³-hybridized carbons (Fsp3) is 0.357. The molecule has 0 N–H and O–H groups in total. The summed E-state index contributed by atoms with van der Waals surface area (Å²) in [6, 6.07) is 10.6. The molecule has 0 aliphatic rings. The Morgan fingerprint density at radius 1 is 1.29 bits per heavy atom. The molecule has 0 spiro atoms. The summed E-state index contributed by atoms with van der Waals surface area (Å²) in [5.74, 6) is 0.587.